The molecule has 2 amide bonds. The van der Waals surface area contributed by atoms with E-state index in [0.29, 0.717) is 38.8 Å². The highest BCUT2D eigenvalue weighted by Gasteiger charge is 2.33. The Hall–Kier alpha value is -2.33. The van der Waals surface area contributed by atoms with Gasteiger partial charge in [0.25, 0.3) is 0 Å². The van der Waals surface area contributed by atoms with Gasteiger partial charge in [0.2, 0.25) is 11.8 Å². The van der Waals surface area contributed by atoms with Gasteiger partial charge in [-0.3, -0.25) is 19.4 Å². The summed E-state index contributed by atoms with van der Waals surface area (Å²) in [5.74, 6) is -0.465. The molecule has 2 aliphatic heterocycles. The lowest BCUT2D eigenvalue weighted by atomic mass is 9.91. The fourth-order valence-corrected chi connectivity index (χ4v) is 4.68. The molecule has 33 heavy (non-hydrogen) atoms. The van der Waals surface area contributed by atoms with Gasteiger partial charge in [-0.1, -0.05) is 24.6 Å². The van der Waals surface area contributed by atoms with Crippen LogP contribution in [0.2, 0.25) is 0 Å². The average Bonchev–Trinajstić information content (AvgIpc) is 2.74. The van der Waals surface area contributed by atoms with Crippen molar-refractivity contribution in [2.75, 3.05) is 58.9 Å². The van der Waals surface area contributed by atoms with Crippen LogP contribution in [0.15, 0.2) is 24.3 Å². The second-order valence-electron chi connectivity index (χ2n) is 8.99. The maximum absolute atomic E-state index is 12.7. The van der Waals surface area contributed by atoms with Gasteiger partial charge in [0, 0.05) is 64.0 Å². The van der Waals surface area contributed by atoms with E-state index in [1.807, 2.05) is 9.80 Å². The van der Waals surface area contributed by atoms with Gasteiger partial charge in [0.05, 0.1) is 13.0 Å². The molecule has 1 aromatic rings. The smallest absolute Gasteiger partial charge is 0.405 e. The fourth-order valence-electron chi connectivity index (χ4n) is 4.68. The Morgan fingerprint density at radius 1 is 0.879 bits per heavy atom. The van der Waals surface area contributed by atoms with E-state index in [-0.39, 0.29) is 29.5 Å². The van der Waals surface area contributed by atoms with E-state index < -0.39 is 6.36 Å². The van der Waals surface area contributed by atoms with Crippen LogP contribution in [-0.4, -0.2) is 103 Å². The van der Waals surface area contributed by atoms with Gasteiger partial charge >= 0.3 is 6.36 Å². The van der Waals surface area contributed by atoms with Crippen molar-refractivity contribution in [1.82, 2.24) is 19.6 Å². The second kappa shape index (κ2) is 10.3. The summed E-state index contributed by atoms with van der Waals surface area (Å²) in [5, 5.41) is 0. The molecule has 4 rings (SSSR count). The van der Waals surface area contributed by atoms with Gasteiger partial charge in [0.1, 0.15) is 5.75 Å². The summed E-state index contributed by atoms with van der Waals surface area (Å²) in [4.78, 5) is 33.5. The molecule has 0 bridgehead atoms. The molecule has 0 spiro atoms. The predicted molar refractivity (Wildman–Crippen MR) is 116 cm³/mol. The van der Waals surface area contributed by atoms with E-state index in [0.717, 1.165) is 26.2 Å². The maximum atomic E-state index is 12.7. The van der Waals surface area contributed by atoms with E-state index in [9.17, 15) is 22.8 Å². The van der Waals surface area contributed by atoms with Gasteiger partial charge in [-0.2, -0.15) is 0 Å². The van der Waals surface area contributed by atoms with Crippen molar-refractivity contribution < 1.29 is 27.5 Å². The summed E-state index contributed by atoms with van der Waals surface area (Å²) in [5.41, 5.74) is 0.207. The first-order chi connectivity index (χ1) is 15.8. The molecule has 1 saturated carbocycles. The average molecular weight is 469 g/mol. The van der Waals surface area contributed by atoms with Crippen molar-refractivity contribution in [2.24, 2.45) is 0 Å². The maximum Gasteiger partial charge on any atom is 0.573 e. The number of piperazine rings is 2. The Bertz CT molecular complexity index is 830. The van der Waals surface area contributed by atoms with Crippen LogP contribution in [0.4, 0.5) is 13.2 Å². The third-order valence-corrected chi connectivity index (χ3v) is 6.88. The summed E-state index contributed by atoms with van der Waals surface area (Å²) in [6, 6.07) is 6.42. The molecule has 7 nitrogen and oxygen atoms in total. The monoisotopic (exact) mass is 468 g/mol. The van der Waals surface area contributed by atoms with Gasteiger partial charge in [-0.05, 0) is 18.9 Å². The first-order valence-corrected chi connectivity index (χ1v) is 11.6. The van der Waals surface area contributed by atoms with Gasteiger partial charge in [-0.25, -0.2) is 0 Å². The number of halogens is 3. The van der Waals surface area contributed by atoms with Crippen molar-refractivity contribution in [2.45, 2.75) is 38.1 Å². The molecule has 1 aliphatic carbocycles. The van der Waals surface area contributed by atoms with Crippen molar-refractivity contribution in [1.29, 1.82) is 0 Å². The number of carbonyl (C=O) groups excluding carboxylic acids is 2. The molecule has 1 aromatic carbocycles. The van der Waals surface area contributed by atoms with Crippen LogP contribution in [0.5, 0.6) is 5.75 Å². The summed E-state index contributed by atoms with van der Waals surface area (Å²) in [6.45, 7) is 5.80. The first kappa shape index (κ1) is 23.8. The van der Waals surface area contributed by atoms with Gasteiger partial charge in [-0.15, -0.1) is 13.2 Å². The van der Waals surface area contributed by atoms with Crippen LogP contribution in [0.1, 0.15) is 24.8 Å². The van der Waals surface area contributed by atoms with Crippen molar-refractivity contribution in [3.05, 3.63) is 29.8 Å². The van der Waals surface area contributed by atoms with Crippen LogP contribution in [0.3, 0.4) is 0 Å². The fraction of sp³-hybridized carbons (Fsp3) is 0.652. The summed E-state index contributed by atoms with van der Waals surface area (Å²) >= 11 is 0. The molecular weight excluding hydrogens is 437 g/mol. The van der Waals surface area contributed by atoms with Crippen molar-refractivity contribution in [3.63, 3.8) is 0 Å². The first-order valence-electron chi connectivity index (χ1n) is 11.6. The Morgan fingerprint density at radius 2 is 1.48 bits per heavy atom. The highest BCUT2D eigenvalue weighted by atomic mass is 19.4. The molecule has 0 N–H and O–H groups in total. The molecule has 0 unspecified atom stereocenters. The molecule has 0 aromatic heterocycles. The molecule has 182 valence electrons. The normalized spacial score (nSPS) is 21.1. The minimum atomic E-state index is -4.80. The lowest BCUT2D eigenvalue weighted by molar-refractivity contribution is -0.274. The zero-order valence-electron chi connectivity index (χ0n) is 18.7. The summed E-state index contributed by atoms with van der Waals surface area (Å²) in [6.07, 6.45) is -1.10. The number of alkyl halides is 3. The zero-order valence-corrected chi connectivity index (χ0v) is 18.7. The van der Waals surface area contributed by atoms with E-state index in [2.05, 4.69) is 9.64 Å². The molecule has 3 fully saturated rings. The number of nitrogens with zero attached hydrogens (tertiary/aromatic N) is 4. The Labute approximate surface area is 192 Å². The van der Waals surface area contributed by atoms with Gasteiger partial charge in [0.15, 0.2) is 0 Å². The topological polar surface area (TPSA) is 56.3 Å². The summed E-state index contributed by atoms with van der Waals surface area (Å²) < 4.78 is 41.9. The minimum absolute atomic E-state index is 0.126. The predicted octanol–water partition coefficient (Wildman–Crippen LogP) is 1.97. The van der Waals surface area contributed by atoms with Crippen LogP contribution < -0.4 is 4.74 Å². The number of hydrogen-bond acceptors (Lipinski definition) is 5. The van der Waals surface area contributed by atoms with E-state index >= 15 is 0 Å². The van der Waals surface area contributed by atoms with Crippen molar-refractivity contribution >= 4 is 11.8 Å². The third-order valence-electron chi connectivity index (χ3n) is 6.88. The molecular formula is C23H31F3N4O3. The Balaban J connectivity index is 1.21. The molecule has 0 radical (unpaired) electrons. The molecule has 3 aliphatic rings. The molecule has 2 heterocycles. The highest BCUT2D eigenvalue weighted by molar-refractivity contribution is 5.80. The number of ether oxygens (including phenoxy) is 1. The standard InChI is InChI=1S/C23H31F3N4O3/c24-23(25,26)33-20-7-2-1-4-18(20)16-21(31)29-10-8-27(9-11-29)17-22(32)30-14-12-28(13-15-30)19-5-3-6-19/h1-2,4,7,19H,3,5-6,8-17H2. The van der Waals surface area contributed by atoms with E-state index in [4.69, 9.17) is 0 Å². The van der Waals surface area contributed by atoms with Crippen LogP contribution in [0.25, 0.3) is 0 Å². The number of carbonyl (C=O) groups is 2. The number of hydrogen-bond donors (Lipinski definition) is 0. The quantitative estimate of drug-likeness (QED) is 0.639. The Kier molecular flexibility index (Phi) is 7.43. The zero-order chi connectivity index (χ0) is 23.4. The Morgan fingerprint density at radius 3 is 2.09 bits per heavy atom. The number of rotatable bonds is 6. The summed E-state index contributed by atoms with van der Waals surface area (Å²) in [7, 11) is 0. The van der Waals surface area contributed by atoms with Crippen molar-refractivity contribution in [3.8, 4) is 5.75 Å². The largest absolute Gasteiger partial charge is 0.573 e. The van der Waals surface area contributed by atoms with Crippen LogP contribution >= 0.6 is 0 Å². The number of benzene rings is 1. The minimum Gasteiger partial charge on any atom is -0.405 e. The van der Waals surface area contributed by atoms with E-state index in [1.165, 1.54) is 37.5 Å². The molecule has 2 saturated heterocycles. The van der Waals surface area contributed by atoms with Crippen LogP contribution in [0, 0.1) is 0 Å². The van der Waals surface area contributed by atoms with E-state index in [1.54, 1.807) is 11.0 Å². The lowest BCUT2D eigenvalue weighted by Gasteiger charge is -2.43. The molecule has 0 atom stereocenters. The van der Waals surface area contributed by atoms with Gasteiger partial charge < -0.3 is 14.5 Å². The number of para-hydroxylation sites is 1. The third kappa shape index (κ3) is 6.38. The van der Waals surface area contributed by atoms with Crippen LogP contribution in [-0.2, 0) is 16.0 Å². The number of amides is 2. The second-order valence-corrected chi connectivity index (χ2v) is 8.99. The highest BCUT2D eigenvalue weighted by Crippen LogP contribution is 2.27. The lowest BCUT2D eigenvalue weighted by Crippen LogP contribution is -2.56. The molecule has 10 heteroatoms. The SMILES string of the molecule is O=C(Cc1ccccc1OC(F)(F)F)N1CCN(CC(=O)N2CCN(C3CCC3)CC2)CC1.